The van der Waals surface area contributed by atoms with Gasteiger partial charge in [-0.25, -0.2) is 0 Å². The molecule has 1 fully saturated rings. The van der Waals surface area contributed by atoms with Crippen LogP contribution in [0, 0.1) is 5.92 Å². The summed E-state index contributed by atoms with van der Waals surface area (Å²) >= 11 is 0. The quantitative estimate of drug-likeness (QED) is 0.592. The Hall–Kier alpha value is -2.17. The smallest absolute Gasteiger partial charge is 0.308 e. The predicted molar refractivity (Wildman–Crippen MR) is 117 cm³/mol. The molecule has 0 aliphatic carbocycles. The van der Waals surface area contributed by atoms with E-state index in [1.165, 1.54) is 11.1 Å². The first-order chi connectivity index (χ1) is 14.2. The monoisotopic (exact) mass is 394 g/mol. The number of ether oxygens (including phenoxy) is 1. The normalized spacial score (nSPS) is 18.1. The van der Waals surface area contributed by atoms with E-state index in [0.29, 0.717) is 6.61 Å². The van der Waals surface area contributed by atoms with Crippen LogP contribution in [0.5, 0.6) is 0 Å². The molecule has 0 saturated carbocycles. The molecule has 2 aromatic carbocycles. The number of carbonyl (C=O) groups excluding carboxylic acids is 1. The molecular formula is C25H34N2O2. The fourth-order valence-corrected chi connectivity index (χ4v) is 4.04. The highest BCUT2D eigenvalue weighted by Crippen LogP contribution is 2.18. The lowest BCUT2D eigenvalue weighted by atomic mass is 10.0. The van der Waals surface area contributed by atoms with Gasteiger partial charge in [0.1, 0.15) is 6.61 Å². The summed E-state index contributed by atoms with van der Waals surface area (Å²) in [4.78, 5) is 17.4. The van der Waals surface area contributed by atoms with Crippen LogP contribution in [0.3, 0.4) is 0 Å². The van der Waals surface area contributed by atoms with Gasteiger partial charge in [-0.15, -0.1) is 0 Å². The highest BCUT2D eigenvalue weighted by atomic mass is 16.5. The minimum absolute atomic E-state index is 0.0154. The maximum atomic E-state index is 12.4. The number of benzene rings is 2. The van der Waals surface area contributed by atoms with Crippen molar-refractivity contribution in [2.45, 2.75) is 45.8 Å². The summed E-state index contributed by atoms with van der Waals surface area (Å²) in [5.41, 5.74) is 2.64. The Morgan fingerprint density at radius 1 is 0.931 bits per heavy atom. The first-order valence-electron chi connectivity index (χ1n) is 10.9. The summed E-state index contributed by atoms with van der Waals surface area (Å²) in [6.45, 7) is 9.34. The third-order valence-electron chi connectivity index (χ3n) is 5.90. The summed E-state index contributed by atoms with van der Waals surface area (Å²) in [6, 6.07) is 21.4. The van der Waals surface area contributed by atoms with Crippen LogP contribution in [0.1, 0.15) is 37.8 Å². The molecule has 1 atom stereocenters. The summed E-state index contributed by atoms with van der Waals surface area (Å²) in [7, 11) is 0. The Kier molecular flexibility index (Phi) is 8.26. The number of nitrogens with zero attached hydrogens (tertiary/aromatic N) is 2. The molecule has 29 heavy (non-hydrogen) atoms. The van der Waals surface area contributed by atoms with Crippen LogP contribution < -0.4 is 0 Å². The van der Waals surface area contributed by atoms with Crippen molar-refractivity contribution in [3.05, 3.63) is 71.8 Å². The van der Waals surface area contributed by atoms with E-state index >= 15 is 0 Å². The van der Waals surface area contributed by atoms with Gasteiger partial charge in [0.25, 0.3) is 0 Å². The maximum absolute atomic E-state index is 12.4. The fourth-order valence-electron chi connectivity index (χ4n) is 4.04. The number of hydrogen-bond acceptors (Lipinski definition) is 4. The molecule has 4 heteroatoms. The van der Waals surface area contributed by atoms with Gasteiger partial charge in [0, 0.05) is 32.7 Å². The zero-order chi connectivity index (χ0) is 20.5. The van der Waals surface area contributed by atoms with Crippen molar-refractivity contribution in [3.8, 4) is 0 Å². The molecule has 4 nitrogen and oxygen atoms in total. The lowest BCUT2D eigenvalue weighted by molar-refractivity contribution is -0.151. The van der Waals surface area contributed by atoms with E-state index in [4.69, 9.17) is 4.74 Å². The molecule has 3 rings (SSSR count). The average Bonchev–Trinajstić information content (AvgIpc) is 2.76. The van der Waals surface area contributed by atoms with Crippen LogP contribution in [0.2, 0.25) is 0 Å². The van der Waals surface area contributed by atoms with Gasteiger partial charge in [-0.2, -0.15) is 0 Å². The standard InChI is InChI=1S/C25H34N2O2/c1-3-23(4-2)25(28)29-20-24-19-26(17-21-11-7-5-8-12-21)15-16-27(24)18-22-13-9-6-10-14-22/h5-14,23-24H,3-4,15-20H2,1-2H3. The van der Waals surface area contributed by atoms with Crippen molar-refractivity contribution >= 4 is 5.97 Å². The van der Waals surface area contributed by atoms with Crippen molar-refractivity contribution < 1.29 is 9.53 Å². The largest absolute Gasteiger partial charge is 0.464 e. The number of rotatable bonds is 9. The van der Waals surface area contributed by atoms with Gasteiger partial charge in [-0.05, 0) is 24.0 Å². The van der Waals surface area contributed by atoms with Crippen molar-refractivity contribution in [2.75, 3.05) is 26.2 Å². The molecule has 1 saturated heterocycles. The zero-order valence-corrected chi connectivity index (χ0v) is 17.8. The molecule has 0 N–H and O–H groups in total. The van der Waals surface area contributed by atoms with Crippen LogP contribution in [0.4, 0.5) is 0 Å². The molecule has 0 radical (unpaired) electrons. The van der Waals surface area contributed by atoms with E-state index in [0.717, 1.165) is 45.6 Å². The van der Waals surface area contributed by atoms with Crippen molar-refractivity contribution in [1.29, 1.82) is 0 Å². The van der Waals surface area contributed by atoms with Crippen LogP contribution in [0.15, 0.2) is 60.7 Å². The molecule has 1 aliphatic rings. The number of hydrogen-bond donors (Lipinski definition) is 0. The average molecular weight is 395 g/mol. The third kappa shape index (κ3) is 6.41. The van der Waals surface area contributed by atoms with Crippen molar-refractivity contribution in [2.24, 2.45) is 5.92 Å². The third-order valence-corrected chi connectivity index (χ3v) is 5.90. The van der Waals surface area contributed by atoms with Crippen molar-refractivity contribution in [1.82, 2.24) is 9.80 Å². The van der Waals surface area contributed by atoms with E-state index in [-0.39, 0.29) is 17.9 Å². The molecular weight excluding hydrogens is 360 g/mol. The Morgan fingerprint density at radius 2 is 1.52 bits per heavy atom. The number of esters is 1. The van der Waals surface area contributed by atoms with Gasteiger partial charge in [0.15, 0.2) is 0 Å². The molecule has 0 aromatic heterocycles. The molecule has 1 heterocycles. The SMILES string of the molecule is CCC(CC)C(=O)OCC1CN(Cc2ccccc2)CCN1Cc1ccccc1. The topological polar surface area (TPSA) is 32.8 Å². The van der Waals surface area contributed by atoms with E-state index in [1.54, 1.807) is 0 Å². The summed E-state index contributed by atoms with van der Waals surface area (Å²) < 4.78 is 5.78. The first-order valence-corrected chi connectivity index (χ1v) is 10.9. The Labute approximate surface area is 175 Å². The van der Waals surface area contributed by atoms with Gasteiger partial charge in [0.05, 0.1) is 12.0 Å². The highest BCUT2D eigenvalue weighted by molar-refractivity contribution is 5.72. The summed E-state index contributed by atoms with van der Waals surface area (Å²) in [5.74, 6) is -0.0311. The summed E-state index contributed by atoms with van der Waals surface area (Å²) in [6.07, 6.45) is 1.68. The van der Waals surface area contributed by atoms with Gasteiger partial charge in [-0.3, -0.25) is 14.6 Å². The van der Waals surface area contributed by atoms with E-state index in [2.05, 4.69) is 84.3 Å². The Morgan fingerprint density at radius 3 is 2.10 bits per heavy atom. The van der Waals surface area contributed by atoms with Crippen LogP contribution in [-0.4, -0.2) is 48.1 Å². The molecule has 156 valence electrons. The minimum Gasteiger partial charge on any atom is -0.464 e. The molecule has 1 aliphatic heterocycles. The second kappa shape index (κ2) is 11.1. The fraction of sp³-hybridized carbons (Fsp3) is 0.480. The van der Waals surface area contributed by atoms with Crippen LogP contribution in [0.25, 0.3) is 0 Å². The maximum Gasteiger partial charge on any atom is 0.308 e. The summed E-state index contributed by atoms with van der Waals surface area (Å²) in [5, 5.41) is 0. The van der Waals surface area contributed by atoms with Crippen LogP contribution >= 0.6 is 0 Å². The Bertz CT molecular complexity index is 731. The van der Waals surface area contributed by atoms with Gasteiger partial charge >= 0.3 is 5.97 Å². The molecule has 0 spiro atoms. The molecule has 1 unspecified atom stereocenters. The van der Waals surface area contributed by atoms with E-state index in [1.807, 2.05) is 0 Å². The van der Waals surface area contributed by atoms with E-state index < -0.39 is 0 Å². The number of carbonyl (C=O) groups is 1. The first kappa shape index (κ1) is 21.5. The predicted octanol–water partition coefficient (Wildman–Crippen LogP) is 4.35. The molecule has 0 bridgehead atoms. The second-order valence-electron chi connectivity index (χ2n) is 7.97. The minimum atomic E-state index is -0.0464. The lowest BCUT2D eigenvalue weighted by Gasteiger charge is -2.41. The lowest BCUT2D eigenvalue weighted by Crippen LogP contribution is -2.54. The van der Waals surface area contributed by atoms with Gasteiger partial charge in [0.2, 0.25) is 0 Å². The molecule has 2 aromatic rings. The molecule has 0 amide bonds. The van der Waals surface area contributed by atoms with Gasteiger partial charge < -0.3 is 4.74 Å². The van der Waals surface area contributed by atoms with E-state index in [9.17, 15) is 4.79 Å². The van der Waals surface area contributed by atoms with Gasteiger partial charge in [-0.1, -0.05) is 74.5 Å². The van der Waals surface area contributed by atoms with Crippen LogP contribution in [-0.2, 0) is 22.6 Å². The second-order valence-corrected chi connectivity index (χ2v) is 7.97. The van der Waals surface area contributed by atoms with Crippen molar-refractivity contribution in [3.63, 3.8) is 0 Å². The zero-order valence-electron chi connectivity index (χ0n) is 17.8. The Balaban J connectivity index is 1.64. The number of piperazine rings is 1. The highest BCUT2D eigenvalue weighted by Gasteiger charge is 2.29.